The molecule has 0 spiro atoms. The molecule has 10 nitrogen and oxygen atoms in total. The summed E-state index contributed by atoms with van der Waals surface area (Å²) in [5.41, 5.74) is 3.22. The lowest BCUT2D eigenvalue weighted by atomic mass is 9.88. The van der Waals surface area contributed by atoms with Crippen molar-refractivity contribution in [2.45, 2.75) is 36.1 Å². The summed E-state index contributed by atoms with van der Waals surface area (Å²) >= 11 is 8.61. The van der Waals surface area contributed by atoms with Crippen LogP contribution in [0.1, 0.15) is 46.9 Å². The van der Waals surface area contributed by atoms with Gasteiger partial charge < -0.3 is 4.74 Å². The van der Waals surface area contributed by atoms with Gasteiger partial charge in [0.05, 0.1) is 28.7 Å². The molecule has 0 radical (unpaired) electrons. The summed E-state index contributed by atoms with van der Waals surface area (Å²) in [6.45, 7) is 5.02. The zero-order valence-electron chi connectivity index (χ0n) is 23.4. The van der Waals surface area contributed by atoms with E-state index in [-0.39, 0.29) is 16.6 Å². The quantitative estimate of drug-likeness (QED) is 0.182. The normalized spacial score (nSPS) is 22.4. The van der Waals surface area contributed by atoms with Crippen molar-refractivity contribution in [3.8, 4) is 0 Å². The van der Waals surface area contributed by atoms with Gasteiger partial charge in [0.25, 0.3) is 5.69 Å². The lowest BCUT2D eigenvalue weighted by molar-refractivity contribution is -0.384. The second-order valence-electron chi connectivity index (χ2n) is 11.5. The van der Waals surface area contributed by atoms with Crippen molar-refractivity contribution in [3.63, 3.8) is 0 Å². The molecule has 2 aliphatic heterocycles. The first-order valence-electron chi connectivity index (χ1n) is 14.3. The molecule has 1 saturated carbocycles. The van der Waals surface area contributed by atoms with E-state index in [0.29, 0.717) is 57.1 Å². The minimum absolute atomic E-state index is 0.0631. The van der Waals surface area contributed by atoms with Gasteiger partial charge in [-0.2, -0.15) is 4.31 Å². The number of sulfonamides is 1. The van der Waals surface area contributed by atoms with Gasteiger partial charge >= 0.3 is 0 Å². The zero-order valence-corrected chi connectivity index (χ0v) is 25.8. The van der Waals surface area contributed by atoms with Gasteiger partial charge in [-0.25, -0.2) is 18.4 Å². The number of thiophene rings is 1. The van der Waals surface area contributed by atoms with Crippen molar-refractivity contribution < 1.29 is 18.1 Å². The number of ether oxygens (including phenoxy) is 1. The van der Waals surface area contributed by atoms with Crippen molar-refractivity contribution in [3.05, 3.63) is 91.7 Å². The molecule has 1 aliphatic carbocycles. The lowest BCUT2D eigenvalue weighted by Gasteiger charge is -2.44. The average Bonchev–Trinajstić information content (AvgIpc) is 3.62. The second-order valence-corrected chi connectivity index (χ2v) is 14.7. The number of rotatable bonds is 8. The fraction of sp³-hybridized carbons (Fsp3) is 0.400. The van der Waals surface area contributed by atoms with Crippen molar-refractivity contribution >= 4 is 48.9 Å². The molecule has 13 heteroatoms. The Morgan fingerprint density at radius 2 is 1.79 bits per heavy atom. The second kappa shape index (κ2) is 11.2. The van der Waals surface area contributed by atoms with Gasteiger partial charge in [0.15, 0.2) is 0 Å². The Balaban J connectivity index is 1.07. The fourth-order valence-electron chi connectivity index (χ4n) is 6.47. The van der Waals surface area contributed by atoms with Crippen molar-refractivity contribution in [1.29, 1.82) is 0 Å². The summed E-state index contributed by atoms with van der Waals surface area (Å²) in [6, 6.07) is 13.6. The predicted octanol–water partition coefficient (Wildman–Crippen LogP) is 5.53. The molecule has 0 N–H and O–H groups in total. The Morgan fingerprint density at radius 3 is 2.44 bits per heavy atom. The highest BCUT2D eigenvalue weighted by atomic mass is 35.5. The summed E-state index contributed by atoms with van der Waals surface area (Å²) in [6.07, 6.45) is 1.01. The van der Waals surface area contributed by atoms with Gasteiger partial charge in [-0.15, -0.1) is 11.3 Å². The molecular weight excluding hydrogens is 610 g/mol. The van der Waals surface area contributed by atoms with E-state index in [2.05, 4.69) is 39.5 Å². The van der Waals surface area contributed by atoms with Crippen LogP contribution in [-0.2, 0) is 14.8 Å². The number of nitro benzene ring substituents is 1. The summed E-state index contributed by atoms with van der Waals surface area (Å²) in [4.78, 5) is 23.2. The summed E-state index contributed by atoms with van der Waals surface area (Å²) in [5.74, 6) is 1.73. The number of nitrogens with zero attached hydrogens (tertiary/aromatic N) is 5. The first-order valence-corrected chi connectivity index (χ1v) is 17.0. The molecule has 3 atom stereocenters. The van der Waals surface area contributed by atoms with Crippen LogP contribution in [0.3, 0.4) is 0 Å². The molecule has 3 unspecified atom stereocenters. The molecule has 224 valence electrons. The Hall–Kier alpha value is -3.00. The van der Waals surface area contributed by atoms with E-state index in [9.17, 15) is 18.5 Å². The zero-order chi connectivity index (χ0) is 29.9. The van der Waals surface area contributed by atoms with Crippen LogP contribution in [0.2, 0.25) is 5.02 Å². The van der Waals surface area contributed by atoms with Gasteiger partial charge in [-0.1, -0.05) is 23.7 Å². The molecule has 0 amide bonds. The van der Waals surface area contributed by atoms with Gasteiger partial charge in [-0.05, 0) is 60.0 Å². The number of hydrogen-bond acceptors (Lipinski definition) is 9. The van der Waals surface area contributed by atoms with E-state index in [1.165, 1.54) is 28.6 Å². The highest BCUT2D eigenvalue weighted by molar-refractivity contribution is 7.89. The molecule has 43 heavy (non-hydrogen) atoms. The van der Waals surface area contributed by atoms with Crippen molar-refractivity contribution in [1.82, 2.24) is 19.2 Å². The third-order valence-corrected chi connectivity index (χ3v) is 11.9. The summed E-state index contributed by atoms with van der Waals surface area (Å²) in [7, 11) is -3.76. The SMILES string of the molecule is Cc1nc(C2CC2c2ccc(C(C3COC3)N3CCN(S(=O)(=O)c4ccc([N+](=O)[O-])cc4)CC3)cc2Cl)c2ccsc2n1. The van der Waals surface area contributed by atoms with E-state index < -0.39 is 14.9 Å². The molecule has 3 fully saturated rings. The lowest BCUT2D eigenvalue weighted by Crippen LogP contribution is -2.52. The van der Waals surface area contributed by atoms with Crippen LogP contribution < -0.4 is 0 Å². The van der Waals surface area contributed by atoms with Gasteiger partial charge in [-0.3, -0.25) is 15.0 Å². The van der Waals surface area contributed by atoms with Crippen LogP contribution in [-0.4, -0.2) is 71.9 Å². The smallest absolute Gasteiger partial charge is 0.269 e. The van der Waals surface area contributed by atoms with E-state index in [0.717, 1.165) is 44.3 Å². The van der Waals surface area contributed by atoms with Crippen LogP contribution in [0.15, 0.2) is 58.8 Å². The van der Waals surface area contributed by atoms with Crippen LogP contribution in [0.25, 0.3) is 10.2 Å². The maximum absolute atomic E-state index is 13.3. The highest BCUT2D eigenvalue weighted by Crippen LogP contribution is 2.57. The maximum atomic E-state index is 13.3. The van der Waals surface area contributed by atoms with Crippen molar-refractivity contribution in [2.24, 2.45) is 5.92 Å². The average molecular weight is 640 g/mol. The third-order valence-electron chi connectivity index (χ3n) is 8.84. The Labute approximate surface area is 258 Å². The Bertz CT molecular complexity index is 1800. The number of fused-ring (bicyclic) bond motifs is 1. The number of aryl methyl sites for hydroxylation is 1. The molecule has 2 aromatic carbocycles. The molecule has 2 saturated heterocycles. The standard InChI is InChI=1S/C30H30ClN5O5S2/c1-18-32-28(24-8-13-42-30(24)33-18)26-15-25(26)23-7-2-19(14-27(23)31)29(20-16-41-17-20)34-9-11-35(12-10-34)43(39,40)22-5-3-21(4-6-22)36(37)38/h2-8,13-14,20,25-26,29H,9-12,15-17H2,1H3. The topological polar surface area (TPSA) is 119 Å². The van der Waals surface area contributed by atoms with Crippen LogP contribution >= 0.6 is 22.9 Å². The Kier molecular flexibility index (Phi) is 7.47. The first kappa shape index (κ1) is 28.8. The molecule has 3 aliphatic rings. The van der Waals surface area contributed by atoms with E-state index >= 15 is 0 Å². The van der Waals surface area contributed by atoms with E-state index in [1.807, 2.05) is 6.92 Å². The fourth-order valence-corrected chi connectivity index (χ4v) is 9.04. The number of benzene rings is 2. The first-order chi connectivity index (χ1) is 20.7. The number of halogens is 1. The number of aromatic nitrogens is 2. The molecule has 4 heterocycles. The van der Waals surface area contributed by atoms with Crippen molar-refractivity contribution in [2.75, 3.05) is 39.4 Å². The van der Waals surface area contributed by atoms with Crippen LogP contribution in [0.5, 0.6) is 0 Å². The molecular formula is C30H30ClN5O5S2. The van der Waals surface area contributed by atoms with Crippen LogP contribution in [0.4, 0.5) is 5.69 Å². The van der Waals surface area contributed by atoms with E-state index in [1.54, 1.807) is 11.3 Å². The Morgan fingerprint density at radius 1 is 1.05 bits per heavy atom. The molecule has 2 aromatic heterocycles. The molecule has 7 rings (SSSR count). The number of piperazine rings is 1. The van der Waals surface area contributed by atoms with Gasteiger partial charge in [0, 0.05) is 66.6 Å². The number of nitro groups is 1. The van der Waals surface area contributed by atoms with E-state index in [4.69, 9.17) is 21.3 Å². The van der Waals surface area contributed by atoms with Crippen LogP contribution in [0, 0.1) is 23.0 Å². The van der Waals surface area contributed by atoms with Gasteiger partial charge in [0.1, 0.15) is 10.7 Å². The van der Waals surface area contributed by atoms with Gasteiger partial charge in [0.2, 0.25) is 10.0 Å². The molecule has 4 aromatic rings. The minimum Gasteiger partial charge on any atom is -0.381 e. The number of non-ortho nitro benzene ring substituents is 1. The number of hydrogen-bond donors (Lipinski definition) is 0. The monoisotopic (exact) mass is 639 g/mol. The minimum atomic E-state index is -3.76. The maximum Gasteiger partial charge on any atom is 0.269 e. The molecule has 0 bridgehead atoms. The third kappa shape index (κ3) is 5.34. The highest BCUT2D eigenvalue weighted by Gasteiger charge is 2.44. The largest absolute Gasteiger partial charge is 0.381 e. The summed E-state index contributed by atoms with van der Waals surface area (Å²) in [5, 5.41) is 14.9. The predicted molar refractivity (Wildman–Crippen MR) is 164 cm³/mol. The summed E-state index contributed by atoms with van der Waals surface area (Å²) < 4.78 is 33.6.